The van der Waals surface area contributed by atoms with Crippen LogP contribution in [0.1, 0.15) is 22.3 Å². The lowest BCUT2D eigenvalue weighted by Gasteiger charge is -2.27. The fourth-order valence-electron chi connectivity index (χ4n) is 2.82. The van der Waals surface area contributed by atoms with E-state index in [1.807, 2.05) is 18.2 Å². The maximum atomic E-state index is 5.76. The third-order valence-corrected chi connectivity index (χ3v) is 4.74. The number of hydrogen-bond donors (Lipinski definition) is 1. The molecule has 0 unspecified atom stereocenters. The molecule has 0 spiro atoms. The molecule has 0 saturated carbocycles. The molecule has 3 heteroatoms. The van der Waals surface area contributed by atoms with Crippen molar-refractivity contribution in [2.45, 2.75) is 26.9 Å². The lowest BCUT2D eigenvalue weighted by Crippen LogP contribution is -2.34. The van der Waals surface area contributed by atoms with Crippen LogP contribution in [0.5, 0.6) is 0 Å². The highest BCUT2D eigenvalue weighted by atomic mass is 32.1. The maximum absolute atomic E-state index is 5.76. The molecule has 0 bridgehead atoms. The topological polar surface area (TPSA) is 15.3 Å². The molecular weight excluding hydrogens is 336 g/mol. The molecule has 132 valence electrons. The summed E-state index contributed by atoms with van der Waals surface area (Å²) in [4.78, 5) is 2.21. The number of rotatable bonds is 5. The smallest absolute Gasteiger partial charge is 0.174 e. The first kappa shape index (κ1) is 18.2. The van der Waals surface area contributed by atoms with Crippen molar-refractivity contribution in [1.29, 1.82) is 0 Å². The molecule has 0 aliphatic heterocycles. The molecular formula is C23H24N2S. The standard InChI is InChI=1S/C23H24N2S/c1-18-12-14-21(15-13-18)17-25(16-20-9-4-3-5-10-20)23(26)24-22-11-7-6-8-19(22)2/h3-15H,16-17H2,1-2H3,(H,24,26). The molecule has 0 amide bonds. The van der Waals surface area contributed by atoms with Crippen LogP contribution in [0, 0.1) is 13.8 Å². The van der Waals surface area contributed by atoms with E-state index in [2.05, 4.69) is 84.7 Å². The minimum absolute atomic E-state index is 0.740. The van der Waals surface area contributed by atoms with Crippen molar-refractivity contribution in [3.63, 3.8) is 0 Å². The molecule has 0 aliphatic carbocycles. The fraction of sp³-hybridized carbons (Fsp3) is 0.174. The second-order valence-electron chi connectivity index (χ2n) is 6.57. The number of aryl methyl sites for hydroxylation is 2. The van der Waals surface area contributed by atoms with Crippen molar-refractivity contribution in [2.24, 2.45) is 0 Å². The van der Waals surface area contributed by atoms with Crippen molar-refractivity contribution < 1.29 is 0 Å². The molecule has 0 heterocycles. The summed E-state index contributed by atoms with van der Waals surface area (Å²) >= 11 is 5.76. The first-order chi connectivity index (χ1) is 12.6. The van der Waals surface area contributed by atoms with Gasteiger partial charge in [-0.05, 0) is 48.8 Å². The van der Waals surface area contributed by atoms with Crippen LogP contribution >= 0.6 is 12.2 Å². The van der Waals surface area contributed by atoms with Crippen LogP contribution in [0.4, 0.5) is 5.69 Å². The summed E-state index contributed by atoms with van der Waals surface area (Å²) in [5.74, 6) is 0. The van der Waals surface area contributed by atoms with E-state index in [0.29, 0.717) is 0 Å². The Bertz CT molecular complexity index is 857. The Kier molecular flexibility index (Phi) is 6.03. The maximum Gasteiger partial charge on any atom is 0.174 e. The van der Waals surface area contributed by atoms with Gasteiger partial charge < -0.3 is 10.2 Å². The van der Waals surface area contributed by atoms with Gasteiger partial charge in [0.05, 0.1) is 0 Å². The van der Waals surface area contributed by atoms with Gasteiger partial charge >= 0.3 is 0 Å². The Morgan fingerprint density at radius 1 is 0.769 bits per heavy atom. The molecule has 0 saturated heterocycles. The van der Waals surface area contributed by atoms with Crippen LogP contribution in [0.3, 0.4) is 0 Å². The second kappa shape index (κ2) is 8.63. The Balaban J connectivity index is 1.80. The van der Waals surface area contributed by atoms with E-state index < -0.39 is 0 Å². The van der Waals surface area contributed by atoms with Crippen LogP contribution in [-0.4, -0.2) is 10.0 Å². The molecule has 0 aromatic heterocycles. The first-order valence-electron chi connectivity index (χ1n) is 8.83. The highest BCUT2D eigenvalue weighted by Gasteiger charge is 2.12. The highest BCUT2D eigenvalue weighted by molar-refractivity contribution is 7.80. The van der Waals surface area contributed by atoms with E-state index in [-0.39, 0.29) is 0 Å². The van der Waals surface area contributed by atoms with E-state index in [1.54, 1.807) is 0 Å². The lowest BCUT2D eigenvalue weighted by atomic mass is 10.1. The number of benzene rings is 3. The van der Waals surface area contributed by atoms with Crippen molar-refractivity contribution >= 4 is 23.0 Å². The molecule has 26 heavy (non-hydrogen) atoms. The quantitative estimate of drug-likeness (QED) is 0.587. The number of hydrogen-bond acceptors (Lipinski definition) is 1. The minimum Gasteiger partial charge on any atom is -0.340 e. The zero-order chi connectivity index (χ0) is 18.4. The Hall–Kier alpha value is -2.65. The Morgan fingerprint density at radius 3 is 2.00 bits per heavy atom. The van der Waals surface area contributed by atoms with E-state index in [1.165, 1.54) is 22.3 Å². The summed E-state index contributed by atoms with van der Waals surface area (Å²) < 4.78 is 0. The van der Waals surface area contributed by atoms with E-state index in [4.69, 9.17) is 12.2 Å². The zero-order valence-electron chi connectivity index (χ0n) is 15.3. The predicted molar refractivity (Wildman–Crippen MR) is 114 cm³/mol. The van der Waals surface area contributed by atoms with Gasteiger partial charge in [0, 0.05) is 18.8 Å². The summed E-state index contributed by atoms with van der Waals surface area (Å²) in [7, 11) is 0. The number of nitrogens with one attached hydrogen (secondary N) is 1. The molecule has 0 radical (unpaired) electrons. The first-order valence-corrected chi connectivity index (χ1v) is 9.23. The number of anilines is 1. The van der Waals surface area contributed by atoms with Gasteiger partial charge in [0.2, 0.25) is 0 Å². The normalized spacial score (nSPS) is 10.4. The third kappa shape index (κ3) is 4.93. The van der Waals surface area contributed by atoms with Gasteiger partial charge in [-0.15, -0.1) is 0 Å². The third-order valence-electron chi connectivity index (χ3n) is 4.38. The van der Waals surface area contributed by atoms with Gasteiger partial charge in [-0.2, -0.15) is 0 Å². The van der Waals surface area contributed by atoms with Gasteiger partial charge in [-0.3, -0.25) is 0 Å². The van der Waals surface area contributed by atoms with E-state index >= 15 is 0 Å². The van der Waals surface area contributed by atoms with Crippen LogP contribution < -0.4 is 5.32 Å². The molecule has 2 nitrogen and oxygen atoms in total. The summed E-state index contributed by atoms with van der Waals surface area (Å²) in [5.41, 5.74) is 6.00. The Labute approximate surface area is 161 Å². The minimum atomic E-state index is 0.740. The molecule has 0 fully saturated rings. The van der Waals surface area contributed by atoms with Gasteiger partial charge in [-0.1, -0.05) is 78.4 Å². The van der Waals surface area contributed by atoms with Crippen molar-refractivity contribution in [2.75, 3.05) is 5.32 Å². The SMILES string of the molecule is Cc1ccc(CN(Cc2ccccc2)C(=S)Nc2ccccc2C)cc1. The monoisotopic (exact) mass is 360 g/mol. The van der Waals surface area contributed by atoms with Crippen molar-refractivity contribution in [3.8, 4) is 0 Å². The van der Waals surface area contributed by atoms with Crippen molar-refractivity contribution in [3.05, 3.63) is 101 Å². The average Bonchev–Trinajstić information content (AvgIpc) is 2.65. The molecule has 3 aromatic carbocycles. The molecule has 0 aliphatic rings. The molecule has 0 atom stereocenters. The predicted octanol–water partition coefficient (Wildman–Crippen LogP) is 5.70. The number of nitrogens with zero attached hydrogens (tertiary/aromatic N) is 1. The largest absolute Gasteiger partial charge is 0.340 e. The number of para-hydroxylation sites is 1. The average molecular weight is 361 g/mol. The number of thiocarbonyl (C=S) groups is 1. The van der Waals surface area contributed by atoms with Crippen LogP contribution in [-0.2, 0) is 13.1 Å². The van der Waals surface area contributed by atoms with Crippen LogP contribution in [0.15, 0.2) is 78.9 Å². The summed E-state index contributed by atoms with van der Waals surface area (Å²) in [5, 5.41) is 4.16. The van der Waals surface area contributed by atoms with Crippen LogP contribution in [0.25, 0.3) is 0 Å². The van der Waals surface area contributed by atoms with E-state index in [0.717, 1.165) is 23.9 Å². The van der Waals surface area contributed by atoms with Gasteiger partial charge in [0.25, 0.3) is 0 Å². The Morgan fingerprint density at radius 2 is 1.35 bits per heavy atom. The lowest BCUT2D eigenvalue weighted by molar-refractivity contribution is 0.413. The van der Waals surface area contributed by atoms with Gasteiger partial charge in [0.15, 0.2) is 5.11 Å². The zero-order valence-corrected chi connectivity index (χ0v) is 16.1. The van der Waals surface area contributed by atoms with Gasteiger partial charge in [-0.25, -0.2) is 0 Å². The summed E-state index contributed by atoms with van der Waals surface area (Å²) in [6.45, 7) is 5.74. The van der Waals surface area contributed by atoms with E-state index in [9.17, 15) is 0 Å². The molecule has 3 rings (SSSR count). The summed E-state index contributed by atoms with van der Waals surface area (Å²) in [6.07, 6.45) is 0. The molecule has 1 N–H and O–H groups in total. The van der Waals surface area contributed by atoms with Gasteiger partial charge in [0.1, 0.15) is 0 Å². The van der Waals surface area contributed by atoms with Crippen LogP contribution in [0.2, 0.25) is 0 Å². The second-order valence-corrected chi connectivity index (χ2v) is 6.96. The molecule has 3 aromatic rings. The van der Waals surface area contributed by atoms with Crippen molar-refractivity contribution in [1.82, 2.24) is 4.90 Å². The highest BCUT2D eigenvalue weighted by Crippen LogP contribution is 2.17. The fourth-order valence-corrected chi connectivity index (χ4v) is 3.06. The summed E-state index contributed by atoms with van der Waals surface area (Å²) in [6, 6.07) is 27.3.